The molecule has 0 spiro atoms. The molecule has 1 N–H and O–H groups in total. The number of amides is 2. The summed E-state index contributed by atoms with van der Waals surface area (Å²) in [6.45, 7) is 1.77. The average molecular weight is 365 g/mol. The van der Waals surface area contributed by atoms with Gasteiger partial charge in [0.05, 0.1) is 10.2 Å². The lowest BCUT2D eigenvalue weighted by Gasteiger charge is -2.28. The van der Waals surface area contributed by atoms with Crippen molar-refractivity contribution in [3.05, 3.63) is 54.1 Å². The molecule has 0 aliphatic carbocycles. The molecule has 0 radical (unpaired) electrons. The molecule has 0 saturated heterocycles. The molecule has 26 heavy (non-hydrogen) atoms. The van der Waals surface area contributed by atoms with Gasteiger partial charge in [-0.05, 0) is 43.5 Å². The van der Waals surface area contributed by atoms with Gasteiger partial charge in [0, 0.05) is 12.1 Å². The van der Waals surface area contributed by atoms with Crippen LogP contribution in [-0.4, -0.2) is 22.8 Å². The number of hydrogen-bond acceptors (Lipinski definition) is 4. The van der Waals surface area contributed by atoms with Crippen molar-refractivity contribution in [3.63, 3.8) is 0 Å². The van der Waals surface area contributed by atoms with E-state index in [1.165, 1.54) is 11.3 Å². The maximum absolute atomic E-state index is 12.8. The average Bonchev–Trinajstić information content (AvgIpc) is 2.97. The minimum absolute atomic E-state index is 0.0121. The third-order valence-corrected chi connectivity index (χ3v) is 5.60. The molecule has 6 heteroatoms. The number of nitrogens with zero attached hydrogens (tertiary/aromatic N) is 2. The molecule has 2 amide bonds. The maximum atomic E-state index is 12.8. The maximum Gasteiger partial charge on any atom is 0.249 e. The van der Waals surface area contributed by atoms with E-state index in [9.17, 15) is 9.59 Å². The van der Waals surface area contributed by atoms with E-state index in [4.69, 9.17) is 0 Å². The lowest BCUT2D eigenvalue weighted by atomic mass is 10.1. The molecule has 2 aromatic carbocycles. The Morgan fingerprint density at radius 3 is 2.77 bits per heavy atom. The summed E-state index contributed by atoms with van der Waals surface area (Å²) in [5.74, 6) is -0.240. The van der Waals surface area contributed by atoms with Crippen LogP contribution in [0, 0.1) is 0 Å². The van der Waals surface area contributed by atoms with Crippen LogP contribution >= 0.6 is 11.3 Å². The van der Waals surface area contributed by atoms with Crippen LogP contribution in [-0.2, 0) is 16.0 Å². The molecule has 4 rings (SSSR count). The van der Waals surface area contributed by atoms with Gasteiger partial charge in [0.25, 0.3) is 0 Å². The fourth-order valence-electron chi connectivity index (χ4n) is 3.32. The fourth-order valence-corrected chi connectivity index (χ4v) is 4.19. The zero-order valence-corrected chi connectivity index (χ0v) is 15.3. The first-order chi connectivity index (χ1) is 12.6. The molecule has 132 valence electrons. The van der Waals surface area contributed by atoms with Gasteiger partial charge in [-0.15, -0.1) is 0 Å². The highest BCUT2D eigenvalue weighted by Gasteiger charge is 2.30. The highest BCUT2D eigenvalue weighted by Crippen LogP contribution is 2.30. The van der Waals surface area contributed by atoms with Crippen molar-refractivity contribution in [2.24, 2.45) is 0 Å². The number of aryl methyl sites for hydroxylation is 1. The van der Waals surface area contributed by atoms with Crippen LogP contribution in [0.15, 0.2) is 48.5 Å². The summed E-state index contributed by atoms with van der Waals surface area (Å²) in [6, 6.07) is 15.0. The molecule has 1 aliphatic rings. The summed E-state index contributed by atoms with van der Waals surface area (Å²) in [4.78, 5) is 31.5. The standard InChI is InChI=1S/C20H19N3O2S/c1-13(19(25)22-20-21-15-9-3-5-11-17(15)26-20)23-16-10-4-2-7-14(16)8-6-12-18(23)24/h2-5,7,9-11,13H,6,8,12H2,1H3,(H,21,22,25)/t13-/m0/s1. The van der Waals surface area contributed by atoms with Gasteiger partial charge in [0.15, 0.2) is 5.13 Å². The summed E-state index contributed by atoms with van der Waals surface area (Å²) >= 11 is 1.43. The van der Waals surface area contributed by atoms with Crippen LogP contribution in [0.25, 0.3) is 10.2 Å². The Morgan fingerprint density at radius 2 is 1.92 bits per heavy atom. The highest BCUT2D eigenvalue weighted by molar-refractivity contribution is 7.22. The molecular weight excluding hydrogens is 346 g/mol. The number of rotatable bonds is 3. The Hall–Kier alpha value is -2.73. The topological polar surface area (TPSA) is 62.3 Å². The van der Waals surface area contributed by atoms with Crippen molar-refractivity contribution in [1.82, 2.24) is 4.98 Å². The second kappa shape index (κ2) is 6.88. The van der Waals surface area contributed by atoms with Crippen LogP contribution in [0.3, 0.4) is 0 Å². The van der Waals surface area contributed by atoms with Crippen LogP contribution in [0.5, 0.6) is 0 Å². The monoisotopic (exact) mass is 365 g/mol. The number of para-hydroxylation sites is 2. The van der Waals surface area contributed by atoms with Crippen molar-refractivity contribution in [2.45, 2.75) is 32.2 Å². The number of aromatic nitrogens is 1. The van der Waals surface area contributed by atoms with E-state index in [2.05, 4.69) is 10.3 Å². The molecule has 0 bridgehead atoms. The first-order valence-corrected chi connectivity index (χ1v) is 9.51. The van der Waals surface area contributed by atoms with Gasteiger partial charge in [-0.1, -0.05) is 41.7 Å². The fraction of sp³-hybridized carbons (Fsp3) is 0.250. The molecule has 5 nitrogen and oxygen atoms in total. The van der Waals surface area contributed by atoms with E-state index < -0.39 is 6.04 Å². The quantitative estimate of drug-likeness (QED) is 0.763. The molecule has 1 atom stereocenters. The Labute approximate surface area is 155 Å². The summed E-state index contributed by atoms with van der Waals surface area (Å²) in [5, 5.41) is 3.43. The number of benzene rings is 2. The first-order valence-electron chi connectivity index (χ1n) is 8.70. The van der Waals surface area contributed by atoms with Crippen LogP contribution in [0.4, 0.5) is 10.8 Å². The largest absolute Gasteiger partial charge is 0.300 e. The SMILES string of the molecule is C[C@@H](C(=O)Nc1nc2ccccc2s1)N1C(=O)CCCc2ccccc21. The van der Waals surface area contributed by atoms with E-state index in [1.54, 1.807) is 11.8 Å². The van der Waals surface area contributed by atoms with Gasteiger partial charge >= 0.3 is 0 Å². The molecule has 0 fully saturated rings. The lowest BCUT2D eigenvalue weighted by Crippen LogP contribution is -2.45. The number of anilines is 2. The summed E-state index contributed by atoms with van der Waals surface area (Å²) < 4.78 is 1.02. The van der Waals surface area contributed by atoms with Crippen molar-refractivity contribution < 1.29 is 9.59 Å². The predicted octanol–water partition coefficient (Wildman–Crippen LogP) is 3.99. The Bertz CT molecular complexity index is 949. The zero-order chi connectivity index (χ0) is 18.1. The lowest BCUT2D eigenvalue weighted by molar-refractivity contribution is -0.123. The van der Waals surface area contributed by atoms with Gasteiger partial charge in [-0.2, -0.15) is 0 Å². The Morgan fingerprint density at radius 1 is 1.15 bits per heavy atom. The predicted molar refractivity (Wildman–Crippen MR) is 105 cm³/mol. The van der Waals surface area contributed by atoms with E-state index in [-0.39, 0.29) is 11.8 Å². The number of thiazole rings is 1. The van der Waals surface area contributed by atoms with Gasteiger partial charge in [0.1, 0.15) is 6.04 Å². The van der Waals surface area contributed by atoms with E-state index in [1.807, 2.05) is 48.5 Å². The van der Waals surface area contributed by atoms with Gasteiger partial charge in [-0.3, -0.25) is 14.5 Å². The second-order valence-electron chi connectivity index (χ2n) is 6.40. The van der Waals surface area contributed by atoms with Crippen molar-refractivity contribution in [2.75, 3.05) is 10.2 Å². The minimum atomic E-state index is -0.603. The number of hydrogen-bond donors (Lipinski definition) is 1. The van der Waals surface area contributed by atoms with Gasteiger partial charge in [0.2, 0.25) is 11.8 Å². The van der Waals surface area contributed by atoms with Crippen LogP contribution in [0.2, 0.25) is 0 Å². The van der Waals surface area contributed by atoms with Gasteiger partial charge in [-0.25, -0.2) is 4.98 Å². The molecule has 0 saturated carbocycles. The number of carbonyl (C=O) groups is 2. The molecular formula is C20H19N3O2S. The molecule has 0 unspecified atom stereocenters. The van der Waals surface area contributed by atoms with E-state index >= 15 is 0 Å². The molecule has 1 aliphatic heterocycles. The number of nitrogens with one attached hydrogen (secondary N) is 1. The van der Waals surface area contributed by atoms with E-state index in [0.717, 1.165) is 34.3 Å². The molecule has 2 heterocycles. The third kappa shape index (κ3) is 3.08. The summed E-state index contributed by atoms with van der Waals surface area (Å²) in [5.41, 5.74) is 2.80. The molecule has 1 aromatic heterocycles. The van der Waals surface area contributed by atoms with Crippen LogP contribution < -0.4 is 10.2 Å². The number of fused-ring (bicyclic) bond motifs is 2. The third-order valence-electron chi connectivity index (χ3n) is 4.65. The second-order valence-corrected chi connectivity index (χ2v) is 7.43. The highest BCUT2D eigenvalue weighted by atomic mass is 32.1. The van der Waals surface area contributed by atoms with Crippen molar-refractivity contribution in [1.29, 1.82) is 0 Å². The van der Waals surface area contributed by atoms with Gasteiger partial charge < -0.3 is 5.32 Å². The van der Waals surface area contributed by atoms with Crippen molar-refractivity contribution in [3.8, 4) is 0 Å². The normalized spacial score (nSPS) is 15.4. The first kappa shape index (κ1) is 16.7. The summed E-state index contributed by atoms with van der Waals surface area (Å²) in [7, 11) is 0. The zero-order valence-electron chi connectivity index (χ0n) is 14.4. The molecule has 3 aromatic rings. The van der Waals surface area contributed by atoms with Crippen LogP contribution in [0.1, 0.15) is 25.3 Å². The smallest absolute Gasteiger partial charge is 0.249 e. The Kier molecular flexibility index (Phi) is 4.42. The number of carbonyl (C=O) groups excluding carboxylic acids is 2. The minimum Gasteiger partial charge on any atom is -0.300 e. The van der Waals surface area contributed by atoms with Crippen molar-refractivity contribution >= 4 is 44.2 Å². The summed E-state index contributed by atoms with van der Waals surface area (Å²) in [6.07, 6.45) is 2.11. The Balaban J connectivity index is 1.60. The van der Waals surface area contributed by atoms with E-state index in [0.29, 0.717) is 11.6 Å².